The van der Waals surface area contributed by atoms with E-state index in [0.717, 1.165) is 27.9 Å². The Balaban J connectivity index is 2.31. The van der Waals surface area contributed by atoms with Crippen LogP contribution in [-0.4, -0.2) is 26.6 Å². The van der Waals surface area contributed by atoms with E-state index in [2.05, 4.69) is 15.0 Å². The normalized spacial score (nSPS) is 11.6. The molecule has 0 unspecified atom stereocenters. The summed E-state index contributed by atoms with van der Waals surface area (Å²) in [5.41, 5.74) is 3.26. The Morgan fingerprint density at radius 1 is 1.35 bits per heavy atom. The van der Waals surface area contributed by atoms with E-state index in [1.165, 1.54) is 0 Å². The highest BCUT2D eigenvalue weighted by molar-refractivity contribution is 5.91. The van der Waals surface area contributed by atoms with Gasteiger partial charge in [-0.1, -0.05) is 0 Å². The van der Waals surface area contributed by atoms with Crippen molar-refractivity contribution < 1.29 is 4.74 Å². The van der Waals surface area contributed by atoms with E-state index >= 15 is 0 Å². The Kier molecular flexibility index (Phi) is 2.05. The molecule has 0 radical (unpaired) electrons. The second-order valence-electron chi connectivity index (χ2n) is 3.99. The Labute approximate surface area is 96.2 Å². The molecular formula is C11H12N4O2. The van der Waals surface area contributed by atoms with Crippen LogP contribution in [0.5, 0.6) is 0 Å². The SMILES string of the molecule is COCc1nc2cc3c(cc2[nH]1)[nH]c(=O)n3C. The topological polar surface area (TPSA) is 75.7 Å². The van der Waals surface area contributed by atoms with Gasteiger partial charge >= 0.3 is 5.69 Å². The smallest absolute Gasteiger partial charge is 0.326 e. The number of aromatic nitrogens is 4. The zero-order valence-corrected chi connectivity index (χ0v) is 9.57. The van der Waals surface area contributed by atoms with Gasteiger partial charge in [0.1, 0.15) is 12.4 Å². The van der Waals surface area contributed by atoms with Crippen LogP contribution in [0.2, 0.25) is 0 Å². The Morgan fingerprint density at radius 2 is 2.18 bits per heavy atom. The number of H-pyrrole nitrogens is 2. The highest BCUT2D eigenvalue weighted by Gasteiger charge is 2.08. The van der Waals surface area contributed by atoms with Gasteiger partial charge in [-0.25, -0.2) is 9.78 Å². The summed E-state index contributed by atoms with van der Waals surface area (Å²) in [6.07, 6.45) is 0. The molecular weight excluding hydrogens is 220 g/mol. The van der Waals surface area contributed by atoms with E-state index in [-0.39, 0.29) is 5.69 Å². The fourth-order valence-electron chi connectivity index (χ4n) is 1.99. The van der Waals surface area contributed by atoms with Crippen LogP contribution < -0.4 is 5.69 Å². The van der Waals surface area contributed by atoms with Crippen molar-refractivity contribution in [1.29, 1.82) is 0 Å². The predicted octanol–water partition coefficient (Wildman–Crippen LogP) is 0.889. The molecule has 0 bridgehead atoms. The molecule has 2 aromatic heterocycles. The number of imidazole rings is 2. The van der Waals surface area contributed by atoms with E-state index in [9.17, 15) is 4.79 Å². The van der Waals surface area contributed by atoms with Crippen molar-refractivity contribution in [3.05, 3.63) is 28.4 Å². The van der Waals surface area contributed by atoms with Crippen molar-refractivity contribution in [3.63, 3.8) is 0 Å². The lowest BCUT2D eigenvalue weighted by atomic mass is 10.3. The van der Waals surface area contributed by atoms with Crippen molar-refractivity contribution in [2.45, 2.75) is 6.61 Å². The number of hydrogen-bond acceptors (Lipinski definition) is 3. The Hall–Kier alpha value is -2.08. The highest BCUT2D eigenvalue weighted by Crippen LogP contribution is 2.18. The van der Waals surface area contributed by atoms with E-state index in [0.29, 0.717) is 6.61 Å². The number of ether oxygens (including phenoxy) is 1. The molecule has 0 aliphatic heterocycles. The van der Waals surface area contributed by atoms with Gasteiger partial charge in [0.2, 0.25) is 0 Å². The fourth-order valence-corrected chi connectivity index (χ4v) is 1.99. The maximum absolute atomic E-state index is 11.5. The zero-order valence-electron chi connectivity index (χ0n) is 9.57. The van der Waals surface area contributed by atoms with Crippen molar-refractivity contribution in [1.82, 2.24) is 19.5 Å². The fraction of sp³-hybridized carbons (Fsp3) is 0.273. The molecule has 0 spiro atoms. The van der Waals surface area contributed by atoms with E-state index in [1.54, 1.807) is 18.7 Å². The number of hydrogen-bond donors (Lipinski definition) is 2. The molecule has 1 aromatic carbocycles. The van der Waals surface area contributed by atoms with E-state index < -0.39 is 0 Å². The minimum atomic E-state index is -0.121. The third kappa shape index (κ3) is 1.45. The third-order valence-corrected chi connectivity index (χ3v) is 2.84. The Morgan fingerprint density at radius 3 is 2.94 bits per heavy atom. The lowest BCUT2D eigenvalue weighted by molar-refractivity contribution is 0.179. The van der Waals surface area contributed by atoms with Crippen LogP contribution in [0, 0.1) is 0 Å². The van der Waals surface area contributed by atoms with Crippen molar-refractivity contribution in [3.8, 4) is 0 Å². The van der Waals surface area contributed by atoms with Gasteiger partial charge in [-0.15, -0.1) is 0 Å². The first-order valence-corrected chi connectivity index (χ1v) is 5.25. The van der Waals surface area contributed by atoms with E-state index in [4.69, 9.17) is 4.74 Å². The summed E-state index contributed by atoms with van der Waals surface area (Å²) >= 11 is 0. The molecule has 0 amide bonds. The van der Waals surface area contributed by atoms with Crippen LogP contribution in [0.4, 0.5) is 0 Å². The van der Waals surface area contributed by atoms with Gasteiger partial charge in [-0.2, -0.15) is 0 Å². The summed E-state index contributed by atoms with van der Waals surface area (Å²) in [4.78, 5) is 21.8. The first kappa shape index (κ1) is 10.1. The summed E-state index contributed by atoms with van der Waals surface area (Å²) in [6, 6.07) is 3.77. The first-order valence-electron chi connectivity index (χ1n) is 5.25. The van der Waals surface area contributed by atoms with Crippen LogP contribution in [0.1, 0.15) is 5.82 Å². The van der Waals surface area contributed by atoms with Gasteiger partial charge in [-0.05, 0) is 12.1 Å². The van der Waals surface area contributed by atoms with Gasteiger partial charge in [0, 0.05) is 14.2 Å². The Bertz CT molecular complexity index is 750. The molecule has 6 nitrogen and oxygen atoms in total. The standard InChI is InChI=1S/C11H12N4O2/c1-15-9-4-7-6(3-8(9)14-11(15)16)12-10(13-7)5-17-2/h3-4H,5H2,1-2H3,(H,12,13)(H,14,16). The molecule has 3 aromatic rings. The molecule has 6 heteroatoms. The second kappa shape index (κ2) is 3.46. The number of fused-ring (bicyclic) bond motifs is 2. The van der Waals surface area contributed by atoms with Gasteiger partial charge in [-0.3, -0.25) is 4.57 Å². The summed E-state index contributed by atoms with van der Waals surface area (Å²) in [6.45, 7) is 0.446. The van der Waals surface area contributed by atoms with E-state index in [1.807, 2.05) is 12.1 Å². The lowest BCUT2D eigenvalue weighted by Gasteiger charge is -1.92. The average molecular weight is 232 g/mol. The van der Waals surface area contributed by atoms with Crippen LogP contribution >= 0.6 is 0 Å². The van der Waals surface area contributed by atoms with Crippen LogP contribution in [0.3, 0.4) is 0 Å². The molecule has 2 heterocycles. The summed E-state index contributed by atoms with van der Waals surface area (Å²) in [5.74, 6) is 0.778. The minimum absolute atomic E-state index is 0.121. The zero-order chi connectivity index (χ0) is 12.0. The average Bonchev–Trinajstić information content (AvgIpc) is 2.79. The molecule has 88 valence electrons. The number of aromatic amines is 2. The molecule has 0 atom stereocenters. The predicted molar refractivity (Wildman–Crippen MR) is 63.9 cm³/mol. The maximum atomic E-state index is 11.5. The number of nitrogens with one attached hydrogen (secondary N) is 2. The largest absolute Gasteiger partial charge is 0.377 e. The molecule has 0 saturated carbocycles. The molecule has 2 N–H and O–H groups in total. The van der Waals surface area contributed by atoms with Gasteiger partial charge in [0.05, 0.1) is 22.1 Å². The van der Waals surface area contributed by atoms with Crippen LogP contribution in [-0.2, 0) is 18.4 Å². The molecule has 0 aliphatic rings. The molecule has 17 heavy (non-hydrogen) atoms. The number of benzene rings is 1. The second-order valence-corrected chi connectivity index (χ2v) is 3.99. The maximum Gasteiger partial charge on any atom is 0.326 e. The number of aryl methyl sites for hydroxylation is 1. The van der Waals surface area contributed by atoms with Gasteiger partial charge < -0.3 is 14.7 Å². The van der Waals surface area contributed by atoms with Crippen molar-refractivity contribution >= 4 is 22.1 Å². The minimum Gasteiger partial charge on any atom is -0.377 e. The molecule has 3 rings (SSSR count). The van der Waals surface area contributed by atoms with Crippen LogP contribution in [0.15, 0.2) is 16.9 Å². The molecule has 0 saturated heterocycles. The number of nitrogens with zero attached hydrogens (tertiary/aromatic N) is 2. The quantitative estimate of drug-likeness (QED) is 0.689. The molecule has 0 aliphatic carbocycles. The summed E-state index contributed by atoms with van der Waals surface area (Å²) in [5, 5.41) is 0. The van der Waals surface area contributed by atoms with Gasteiger partial charge in [0.15, 0.2) is 0 Å². The van der Waals surface area contributed by atoms with Crippen molar-refractivity contribution in [2.24, 2.45) is 7.05 Å². The van der Waals surface area contributed by atoms with Gasteiger partial charge in [0.25, 0.3) is 0 Å². The monoisotopic (exact) mass is 232 g/mol. The highest BCUT2D eigenvalue weighted by atomic mass is 16.5. The number of methoxy groups -OCH3 is 1. The first-order chi connectivity index (χ1) is 8.19. The third-order valence-electron chi connectivity index (χ3n) is 2.84. The van der Waals surface area contributed by atoms with Crippen LogP contribution in [0.25, 0.3) is 22.1 Å². The van der Waals surface area contributed by atoms with Crippen molar-refractivity contribution in [2.75, 3.05) is 7.11 Å². The number of rotatable bonds is 2. The molecule has 0 fully saturated rings. The summed E-state index contributed by atoms with van der Waals surface area (Å²) < 4.78 is 6.59. The summed E-state index contributed by atoms with van der Waals surface area (Å²) in [7, 11) is 3.36. The lowest BCUT2D eigenvalue weighted by Crippen LogP contribution is -2.11.